The molecule has 8 heterocycles. The molecule has 3 saturated heterocycles. The molecular weight excluding hydrogens is 1660 g/mol. The number of rotatable bonds is 18. The van der Waals surface area contributed by atoms with E-state index in [1.54, 1.807) is 27.7 Å². The summed E-state index contributed by atoms with van der Waals surface area (Å²) in [7, 11) is 1.48. The fourth-order valence-electron chi connectivity index (χ4n) is 17.0. The second-order valence-electron chi connectivity index (χ2n) is 33.3. The van der Waals surface area contributed by atoms with Gasteiger partial charge in [0.15, 0.2) is 29.9 Å². The summed E-state index contributed by atoms with van der Waals surface area (Å²) >= 11 is 14.8. The molecule has 0 radical (unpaired) electrons. The number of anilines is 1. The normalized spacial score (nSPS) is 30.5. The number of aromatic hydroxyl groups is 3. The lowest BCUT2D eigenvalue weighted by molar-refractivity contribution is -0.332. The van der Waals surface area contributed by atoms with E-state index in [1.807, 2.05) is 68.4 Å². The van der Waals surface area contributed by atoms with Crippen molar-refractivity contribution < 1.29 is 123 Å². The van der Waals surface area contributed by atoms with Gasteiger partial charge in [-0.1, -0.05) is 97.7 Å². The zero-order chi connectivity index (χ0) is 89.6. The Hall–Kier alpha value is -11.0. The number of hydrogen-bond acceptors (Lipinski definition) is 27. The number of carbonyl (C=O) groups is 8. The van der Waals surface area contributed by atoms with Gasteiger partial charge >= 0.3 is 5.97 Å². The highest BCUT2D eigenvalue weighted by molar-refractivity contribution is 6.32. The molecule has 22 N–H and O–H groups in total. The van der Waals surface area contributed by atoms with E-state index in [2.05, 4.69) is 42.5 Å². The summed E-state index contributed by atoms with van der Waals surface area (Å²) in [4.78, 5) is 122. The van der Waals surface area contributed by atoms with Crippen molar-refractivity contribution >= 4 is 76.2 Å². The molecule has 37 heteroatoms. The van der Waals surface area contributed by atoms with E-state index in [9.17, 15) is 65.4 Å². The van der Waals surface area contributed by atoms with Crippen LogP contribution in [0.1, 0.15) is 139 Å². The van der Waals surface area contributed by atoms with Gasteiger partial charge in [-0.2, -0.15) is 0 Å². The Balaban J connectivity index is 1.04. The van der Waals surface area contributed by atoms with Crippen LogP contribution in [-0.2, 0) is 57.3 Å². The molecule has 8 aliphatic rings. The standard InChI is InChI=1S/C87H100Cl2N10O25/c1-37(2)24-54(92-8)77(110)96-69-70(105)44-18-23-59(53(89)27-44)121-61-29-45-28-60(73(61)124-83-74(72(107)71(106)62(36-100)122-83)123-64-35-86(6,76(109)39(4)119-64)98-46-19-14-41(15-20-46)40-12-10-9-11-13-40)120-58-22-17-42(26-52(58)88)51(32-48-34-85(5,91)75(108)38(3)118-48)87(7)84(117)97-68(82(115)116)50-30-47(101)31-57(103)65(50)49-25-43(16-21-56(49)102)66(81(114)99-87)95-79(112)67(45)94-78(111)55(33-63(90)104)93-80(69)113/h9-23,25-31,37-39,48,51,54-55,62,64,66-72,74-76,83,92,98,100-103,105-109H,24,32-36,91H2,1-8H3,(H2,90,104)(H,93,113)(H,94,111)(H,95,112)(H,96,110)(H,97,117)(H,99,114)(H,115,116)/t38-,39-,48-,51+,54+,55-,62+,64+,66+,67+,68-,69-,70+,71+,72-,74+,75-,76-,83-,85-,86-,87-/m0/s1. The molecule has 7 amide bonds. The van der Waals surface area contributed by atoms with Crippen LogP contribution in [0.5, 0.6) is 46.0 Å². The predicted molar refractivity (Wildman–Crippen MR) is 445 cm³/mol. The Morgan fingerprint density at radius 1 is 0.661 bits per heavy atom. The Bertz CT molecular complexity index is 5230. The van der Waals surface area contributed by atoms with E-state index >= 15 is 24.0 Å². The Morgan fingerprint density at radius 3 is 1.90 bits per heavy atom. The zero-order valence-corrected chi connectivity index (χ0v) is 70.0. The molecule has 0 aliphatic carbocycles. The van der Waals surface area contributed by atoms with E-state index in [4.69, 9.17) is 67.8 Å². The Labute approximate surface area is 721 Å². The average Bonchev–Trinajstić information content (AvgIpc) is 0.751. The van der Waals surface area contributed by atoms with Crippen LogP contribution in [0.25, 0.3) is 22.3 Å². The van der Waals surface area contributed by atoms with Crippen molar-refractivity contribution in [2.24, 2.45) is 17.4 Å². The minimum absolute atomic E-state index is 0.0517. The second-order valence-corrected chi connectivity index (χ2v) is 34.1. The first-order valence-electron chi connectivity index (χ1n) is 40.2. The third-order valence-electron chi connectivity index (χ3n) is 23.6. The molecule has 7 aromatic carbocycles. The topological polar surface area (TPSA) is 552 Å². The number of aliphatic hydroxyl groups is 6. The van der Waals surface area contributed by atoms with Gasteiger partial charge in [0.25, 0.3) is 0 Å². The third-order valence-corrected chi connectivity index (χ3v) is 24.1. The molecule has 0 saturated carbocycles. The number of phenolic OH excluding ortho intramolecular Hbond substituents is 3. The number of carbonyl (C=O) groups excluding carboxylic acids is 7. The number of aliphatic carboxylic acids is 1. The van der Waals surface area contributed by atoms with Gasteiger partial charge in [-0.25, -0.2) is 4.79 Å². The monoisotopic (exact) mass is 1750 g/mol. The van der Waals surface area contributed by atoms with Crippen molar-refractivity contribution in [2.45, 2.75) is 213 Å². The van der Waals surface area contributed by atoms with Crippen LogP contribution in [-0.4, -0.2) is 214 Å². The number of halogens is 2. The number of carboxylic acids is 1. The molecular formula is C87H100Cl2N10O25. The molecule has 0 aromatic heterocycles. The van der Waals surface area contributed by atoms with Crippen molar-refractivity contribution in [3.05, 3.63) is 171 Å². The van der Waals surface area contributed by atoms with Gasteiger partial charge in [-0.05, 0) is 167 Å². The fraction of sp³-hybridized carbons (Fsp3) is 0.425. The number of hydrogen-bond donors (Lipinski definition) is 20. The molecule has 11 bridgehead atoms. The van der Waals surface area contributed by atoms with Gasteiger partial charge in [-0.15, -0.1) is 0 Å². The second kappa shape index (κ2) is 36.7. The molecule has 3 fully saturated rings. The summed E-state index contributed by atoms with van der Waals surface area (Å²) in [6, 6.07) is 19.6. The highest BCUT2D eigenvalue weighted by Crippen LogP contribution is 2.52. The summed E-state index contributed by atoms with van der Waals surface area (Å²) in [5.41, 5.74) is 7.39. The number of nitrogens with one attached hydrogen (secondary N) is 8. The van der Waals surface area contributed by atoms with Crippen molar-refractivity contribution in [1.82, 2.24) is 37.2 Å². The fourth-order valence-corrected chi connectivity index (χ4v) is 17.4. The van der Waals surface area contributed by atoms with E-state index < -0.39 is 250 Å². The lowest BCUT2D eigenvalue weighted by Crippen LogP contribution is -2.64. The van der Waals surface area contributed by atoms with Gasteiger partial charge in [0.2, 0.25) is 53.4 Å². The zero-order valence-electron chi connectivity index (χ0n) is 68.5. The van der Waals surface area contributed by atoms with Gasteiger partial charge < -0.3 is 138 Å². The number of fused-ring (bicyclic) bond motifs is 15. The number of nitrogens with two attached hydrogens (primary N) is 2. The van der Waals surface area contributed by atoms with Crippen molar-refractivity contribution in [2.75, 3.05) is 19.0 Å². The number of aliphatic hydroxyl groups excluding tert-OH is 6. The van der Waals surface area contributed by atoms with Crippen LogP contribution >= 0.6 is 23.2 Å². The number of benzene rings is 7. The SMILES string of the molecule is CN[C@H](CC(C)C)C(=O)N[C@@H]1C(=O)N[C@@H](CC(N)=O)C(=O)N[C@H]2C(=O)N[C@H]3C(=O)N[C@](C)(C(=O)N[C@H](C(=O)O)c4cc(O)cc(O)c4-c4cc3ccc4O)[C@H](C[C@H]3C[C@](C)(N)[C@@H](O)[C@H](C)O3)c3ccc(c(Cl)c3)Oc3cc2cc(c3O[C@@H]2O[C@H](CO)[C@@H](O)[C@H](O)[C@H]2O[C@@H]2C[C@](C)(Nc3ccc(-c4ccccc4)cc3)[C@@H](O)[C@H](C)O2)Oc2ccc(cc2Cl)[C@H]1O. The van der Waals surface area contributed by atoms with Gasteiger partial charge in [-0.3, -0.25) is 33.6 Å². The van der Waals surface area contributed by atoms with Crippen molar-refractivity contribution in [3.8, 4) is 68.2 Å². The largest absolute Gasteiger partial charge is 0.508 e. The van der Waals surface area contributed by atoms with E-state index in [1.165, 1.54) is 44.3 Å². The van der Waals surface area contributed by atoms with Crippen LogP contribution < -0.4 is 68.2 Å². The minimum Gasteiger partial charge on any atom is -0.508 e. The molecule has 15 rings (SSSR count). The van der Waals surface area contributed by atoms with Crippen LogP contribution in [0.4, 0.5) is 5.69 Å². The molecule has 22 atom stereocenters. The smallest absolute Gasteiger partial charge is 0.330 e. The van der Waals surface area contributed by atoms with E-state index in [-0.39, 0.29) is 69.8 Å². The maximum atomic E-state index is 16.7. The Morgan fingerprint density at radius 2 is 1.28 bits per heavy atom. The summed E-state index contributed by atoms with van der Waals surface area (Å²) < 4.78 is 46.6. The van der Waals surface area contributed by atoms with Crippen molar-refractivity contribution in [3.63, 3.8) is 0 Å². The number of primary amides is 1. The van der Waals surface area contributed by atoms with Crippen LogP contribution in [0.15, 0.2) is 133 Å². The molecule has 662 valence electrons. The molecule has 8 aliphatic heterocycles. The van der Waals surface area contributed by atoms with Crippen LogP contribution in [0.2, 0.25) is 10.0 Å². The summed E-state index contributed by atoms with van der Waals surface area (Å²) in [6.07, 6.45) is -20.4. The predicted octanol–water partition coefficient (Wildman–Crippen LogP) is 5.01. The molecule has 7 aromatic rings. The number of phenols is 3. The van der Waals surface area contributed by atoms with Crippen LogP contribution in [0.3, 0.4) is 0 Å². The highest BCUT2D eigenvalue weighted by Gasteiger charge is 2.55. The maximum Gasteiger partial charge on any atom is 0.330 e. The first-order chi connectivity index (χ1) is 58.7. The van der Waals surface area contributed by atoms with Gasteiger partial charge in [0, 0.05) is 46.3 Å². The van der Waals surface area contributed by atoms with Gasteiger partial charge in [0.05, 0.1) is 59.1 Å². The third kappa shape index (κ3) is 19.0. The highest BCUT2D eigenvalue weighted by atomic mass is 35.5. The molecule has 0 unspecified atom stereocenters. The first kappa shape index (κ1) is 90.7. The van der Waals surface area contributed by atoms with Crippen molar-refractivity contribution in [1.29, 1.82) is 0 Å². The summed E-state index contributed by atoms with van der Waals surface area (Å²) in [6.45, 7) is 10.3. The quantitative estimate of drug-likeness (QED) is 0.0536. The number of likely N-dealkylation sites (N-methyl/N-ethyl adjacent to an activating group) is 1. The molecule has 0 spiro atoms. The summed E-state index contributed by atoms with van der Waals surface area (Å²) in [5.74, 6) is -17.2. The summed E-state index contributed by atoms with van der Waals surface area (Å²) in [5, 5.41) is 138. The number of carboxylic acid groups (broad SMARTS) is 1. The number of amides is 7. The maximum absolute atomic E-state index is 16.7. The van der Waals surface area contributed by atoms with Crippen LogP contribution in [0, 0.1) is 5.92 Å². The van der Waals surface area contributed by atoms with E-state index in [0.717, 1.165) is 59.7 Å². The first-order valence-corrected chi connectivity index (χ1v) is 41.0. The average molecular weight is 1760 g/mol. The number of ether oxygens (including phenoxy) is 7. The lowest BCUT2D eigenvalue weighted by atomic mass is 9.73. The molecule has 35 nitrogen and oxygen atoms in total. The van der Waals surface area contributed by atoms with E-state index in [0.29, 0.717) is 5.69 Å². The van der Waals surface area contributed by atoms with Gasteiger partial charge in [0.1, 0.15) is 89.0 Å². The molecule has 124 heavy (non-hydrogen) atoms. The lowest BCUT2D eigenvalue weighted by Gasteiger charge is -2.48. The Kier molecular flexibility index (Phi) is 26.8. The minimum atomic E-state index is -2.57.